The smallest absolute Gasteiger partial charge is 0.406 e. The summed E-state index contributed by atoms with van der Waals surface area (Å²) in [7, 11) is -0.196. The maximum absolute atomic E-state index is 5.73. The third-order valence-corrected chi connectivity index (χ3v) is 2.63. The maximum atomic E-state index is 5.73. The molecule has 1 saturated heterocycles. The van der Waals surface area contributed by atoms with Crippen LogP contribution < -0.4 is 5.73 Å². The molecule has 1 rings (SSSR count). The number of amidine groups is 1. The molecular weight excluding hydrogens is 203 g/mol. The maximum Gasteiger partial charge on any atom is 0.461 e. The van der Waals surface area contributed by atoms with Gasteiger partial charge in [-0.05, 0) is 26.8 Å². The van der Waals surface area contributed by atoms with E-state index in [-0.39, 0.29) is 18.8 Å². The molecule has 0 saturated carbocycles. The third-order valence-electron chi connectivity index (χ3n) is 2.63. The van der Waals surface area contributed by atoms with Crippen molar-refractivity contribution in [1.29, 1.82) is 0 Å². The predicted molar refractivity (Wildman–Crippen MR) is 67.2 cm³/mol. The van der Waals surface area contributed by atoms with Crippen molar-refractivity contribution < 1.29 is 9.31 Å². The minimum absolute atomic E-state index is 0.102. The van der Waals surface area contributed by atoms with Crippen molar-refractivity contribution >= 4 is 13.0 Å². The molecule has 0 spiro atoms. The Labute approximate surface area is 97.4 Å². The molecule has 1 aliphatic rings. The molecular formula is C11H19BN2O2. The summed E-state index contributed by atoms with van der Waals surface area (Å²) in [6.07, 6.45) is 5.80. The lowest BCUT2D eigenvalue weighted by Crippen LogP contribution is -2.30. The topological polar surface area (TPSA) is 56.8 Å². The summed E-state index contributed by atoms with van der Waals surface area (Å²) in [6.45, 7) is 9.52. The number of aliphatic imine (C=N–C) groups is 1. The Morgan fingerprint density at radius 2 is 2.31 bits per heavy atom. The van der Waals surface area contributed by atoms with Gasteiger partial charge in [0.25, 0.3) is 0 Å². The molecule has 0 bridgehead atoms. The van der Waals surface area contributed by atoms with E-state index in [0.29, 0.717) is 12.2 Å². The molecule has 0 aromatic rings. The normalized spacial score (nSPS) is 25.3. The van der Waals surface area contributed by atoms with Crippen molar-refractivity contribution in [1.82, 2.24) is 0 Å². The highest BCUT2D eigenvalue weighted by Gasteiger charge is 2.41. The molecule has 0 aromatic heterocycles. The highest BCUT2D eigenvalue weighted by molar-refractivity contribution is 6.46. The van der Waals surface area contributed by atoms with Crippen LogP contribution in [0.4, 0.5) is 0 Å². The van der Waals surface area contributed by atoms with Crippen molar-refractivity contribution in [2.45, 2.75) is 38.8 Å². The van der Waals surface area contributed by atoms with Crippen LogP contribution in [0.1, 0.15) is 20.8 Å². The number of rotatable bonds is 4. The second-order valence-corrected chi connectivity index (χ2v) is 4.30. The minimum atomic E-state index is -0.223. The van der Waals surface area contributed by atoms with Gasteiger partial charge in [-0.3, -0.25) is 0 Å². The zero-order valence-electron chi connectivity index (χ0n) is 10.1. The number of hydrogen-bond donors (Lipinski definition) is 1. The van der Waals surface area contributed by atoms with E-state index in [9.17, 15) is 0 Å². The fourth-order valence-electron chi connectivity index (χ4n) is 1.41. The summed E-state index contributed by atoms with van der Waals surface area (Å²) in [5, 5.41) is 0. The lowest BCUT2D eigenvalue weighted by molar-refractivity contribution is 0.0840. The molecule has 88 valence electrons. The van der Waals surface area contributed by atoms with Gasteiger partial charge in [0, 0.05) is 12.5 Å². The monoisotopic (exact) mass is 222 g/mol. The Morgan fingerprint density at radius 1 is 1.62 bits per heavy atom. The Hall–Kier alpha value is -1.07. The van der Waals surface area contributed by atoms with Gasteiger partial charge in [0.05, 0.1) is 11.7 Å². The molecule has 2 N–H and O–H groups in total. The van der Waals surface area contributed by atoms with Crippen molar-refractivity contribution in [3.05, 3.63) is 24.9 Å². The first kappa shape index (κ1) is 13.0. The van der Waals surface area contributed by atoms with E-state index in [0.717, 1.165) is 0 Å². The van der Waals surface area contributed by atoms with E-state index < -0.39 is 0 Å². The van der Waals surface area contributed by atoms with Crippen LogP contribution in [0.15, 0.2) is 29.9 Å². The van der Waals surface area contributed by atoms with Gasteiger partial charge in [-0.2, -0.15) is 0 Å². The van der Waals surface area contributed by atoms with Crippen LogP contribution in [0, 0.1) is 0 Å². The largest absolute Gasteiger partial charge is 0.461 e. The van der Waals surface area contributed by atoms with Crippen molar-refractivity contribution in [3.8, 4) is 0 Å². The quantitative estimate of drug-likeness (QED) is 0.447. The molecule has 1 unspecified atom stereocenters. The summed E-state index contributed by atoms with van der Waals surface area (Å²) in [5.74, 6) is 0.431. The molecule has 1 fully saturated rings. The molecule has 0 aromatic carbocycles. The number of nitrogens with two attached hydrogens (primary N) is 1. The summed E-state index contributed by atoms with van der Waals surface area (Å²) >= 11 is 0. The first-order valence-corrected chi connectivity index (χ1v) is 5.39. The van der Waals surface area contributed by atoms with Gasteiger partial charge < -0.3 is 15.0 Å². The molecule has 1 aliphatic heterocycles. The number of nitrogens with zero attached hydrogens (tertiary/aromatic N) is 1. The Kier molecular flexibility index (Phi) is 4.32. The summed E-state index contributed by atoms with van der Waals surface area (Å²) in [6, 6.07) is 0. The first-order valence-electron chi connectivity index (χ1n) is 5.39. The third kappa shape index (κ3) is 3.50. The van der Waals surface area contributed by atoms with E-state index in [1.165, 1.54) is 6.20 Å². The van der Waals surface area contributed by atoms with Gasteiger partial charge in [0.2, 0.25) is 0 Å². The zero-order valence-corrected chi connectivity index (χ0v) is 10.1. The zero-order chi connectivity index (χ0) is 12.2. The van der Waals surface area contributed by atoms with Gasteiger partial charge in [0.15, 0.2) is 0 Å². The van der Waals surface area contributed by atoms with E-state index in [1.54, 1.807) is 6.08 Å². The number of allylic oxidation sites excluding steroid dienone is 1. The minimum Gasteiger partial charge on any atom is -0.406 e. The van der Waals surface area contributed by atoms with E-state index in [1.807, 2.05) is 26.8 Å². The first-order chi connectivity index (χ1) is 7.45. The Balaban J connectivity index is 2.41. The van der Waals surface area contributed by atoms with Gasteiger partial charge in [-0.15, -0.1) is 0 Å². The van der Waals surface area contributed by atoms with Gasteiger partial charge >= 0.3 is 7.12 Å². The van der Waals surface area contributed by atoms with E-state index in [2.05, 4.69) is 11.6 Å². The summed E-state index contributed by atoms with van der Waals surface area (Å²) < 4.78 is 11.4. The van der Waals surface area contributed by atoms with Crippen LogP contribution in [-0.4, -0.2) is 24.7 Å². The molecule has 1 atom stereocenters. The second kappa shape index (κ2) is 5.32. The van der Waals surface area contributed by atoms with Crippen LogP contribution in [0.3, 0.4) is 0 Å². The second-order valence-electron chi connectivity index (χ2n) is 4.30. The lowest BCUT2D eigenvalue weighted by Gasteiger charge is -2.21. The molecule has 16 heavy (non-hydrogen) atoms. The average Bonchev–Trinajstić information content (AvgIpc) is 2.41. The molecule has 0 radical (unpaired) electrons. The van der Waals surface area contributed by atoms with Crippen LogP contribution in [-0.2, 0) is 9.31 Å². The fraction of sp³-hybridized carbons (Fsp3) is 0.545. The van der Waals surface area contributed by atoms with E-state index >= 15 is 0 Å². The van der Waals surface area contributed by atoms with Gasteiger partial charge in [0.1, 0.15) is 5.84 Å². The Bertz CT molecular complexity index is 313. The Morgan fingerprint density at radius 3 is 2.81 bits per heavy atom. The fourth-order valence-corrected chi connectivity index (χ4v) is 1.41. The van der Waals surface area contributed by atoms with Crippen LogP contribution in [0.5, 0.6) is 0 Å². The highest BCUT2D eigenvalue weighted by Crippen LogP contribution is 2.28. The summed E-state index contributed by atoms with van der Waals surface area (Å²) in [5.41, 5.74) is 5.34. The molecule has 1 heterocycles. The van der Waals surface area contributed by atoms with Crippen LogP contribution >= 0.6 is 0 Å². The highest BCUT2D eigenvalue weighted by atomic mass is 16.7. The number of hydrogen-bond acceptors (Lipinski definition) is 3. The lowest BCUT2D eigenvalue weighted by atomic mass is 9.85. The molecule has 5 heteroatoms. The summed E-state index contributed by atoms with van der Waals surface area (Å²) in [4.78, 5) is 3.82. The van der Waals surface area contributed by atoms with Crippen LogP contribution in [0.2, 0.25) is 6.32 Å². The van der Waals surface area contributed by atoms with Crippen molar-refractivity contribution in [2.24, 2.45) is 10.7 Å². The predicted octanol–water partition coefficient (Wildman–Crippen LogP) is 1.75. The van der Waals surface area contributed by atoms with Gasteiger partial charge in [-0.25, -0.2) is 4.99 Å². The van der Waals surface area contributed by atoms with Gasteiger partial charge in [-0.1, -0.05) is 12.7 Å². The van der Waals surface area contributed by atoms with Crippen molar-refractivity contribution in [3.63, 3.8) is 0 Å². The molecule has 0 aliphatic carbocycles. The van der Waals surface area contributed by atoms with Crippen molar-refractivity contribution in [2.75, 3.05) is 0 Å². The molecule has 0 amide bonds. The average molecular weight is 222 g/mol. The van der Waals surface area contributed by atoms with Crippen LogP contribution in [0.25, 0.3) is 0 Å². The SMILES string of the molecule is C=CN=C(N)/C=C\CB1OC(C)C(C)(C)O1. The molecule has 4 nitrogen and oxygen atoms in total. The standard InChI is InChI=1S/C11H19BN2O2/c1-5-14-10(13)7-6-8-12-15-9(2)11(3,4)16-12/h5-7,9H,1,8H2,2-4H3,(H2,13,14)/b7-6-. The van der Waals surface area contributed by atoms with E-state index in [4.69, 9.17) is 15.0 Å².